The molecule has 0 bridgehead atoms. The van der Waals surface area contributed by atoms with Crippen molar-refractivity contribution in [1.29, 1.82) is 0 Å². The molecule has 0 fully saturated rings. The van der Waals surface area contributed by atoms with Crippen LogP contribution in [0.1, 0.15) is 10.7 Å². The Hall–Kier alpha value is -2.14. The molecule has 0 atom stereocenters. The lowest BCUT2D eigenvalue weighted by Gasteiger charge is -2.05. The molecule has 1 aromatic carbocycles. The first-order valence-electron chi connectivity index (χ1n) is 5.99. The van der Waals surface area contributed by atoms with Crippen molar-refractivity contribution in [2.24, 2.45) is 5.73 Å². The van der Waals surface area contributed by atoms with Gasteiger partial charge in [0, 0.05) is 11.3 Å². The van der Waals surface area contributed by atoms with Crippen LogP contribution in [0.3, 0.4) is 0 Å². The highest BCUT2D eigenvalue weighted by molar-refractivity contribution is 7.09. The molecule has 4 nitrogen and oxygen atoms in total. The van der Waals surface area contributed by atoms with Gasteiger partial charge in [-0.2, -0.15) is 0 Å². The number of carbonyl (C=O) groups excluding carboxylic acids is 1. The lowest BCUT2D eigenvalue weighted by Crippen LogP contribution is -2.20. The second kappa shape index (κ2) is 4.85. The predicted octanol–water partition coefficient (Wildman–Crippen LogP) is 2.17. The maximum atomic E-state index is 11.2. The lowest BCUT2D eigenvalue weighted by atomic mass is 10.3. The van der Waals surface area contributed by atoms with Gasteiger partial charge in [-0.05, 0) is 23.6 Å². The number of benzene rings is 1. The standard InChI is InChI=1S/C14H13N3OS/c15-13(18)9-17-12-6-2-1-5-11(12)16-14(17)8-10-4-3-7-19-10/h1-7H,8-9H2,(H2,15,18). The van der Waals surface area contributed by atoms with Gasteiger partial charge in [-0.3, -0.25) is 4.79 Å². The number of nitrogens with zero attached hydrogens (tertiary/aromatic N) is 2. The Bertz CT molecular complexity index is 715. The van der Waals surface area contributed by atoms with E-state index in [4.69, 9.17) is 5.73 Å². The van der Waals surface area contributed by atoms with E-state index >= 15 is 0 Å². The van der Waals surface area contributed by atoms with Crippen molar-refractivity contribution >= 4 is 28.3 Å². The van der Waals surface area contributed by atoms with Crippen molar-refractivity contribution in [2.45, 2.75) is 13.0 Å². The molecule has 0 unspecified atom stereocenters. The zero-order valence-electron chi connectivity index (χ0n) is 10.2. The number of amides is 1. The zero-order chi connectivity index (χ0) is 13.2. The number of primary amides is 1. The Morgan fingerprint density at radius 1 is 1.26 bits per heavy atom. The fourth-order valence-electron chi connectivity index (χ4n) is 2.16. The average molecular weight is 271 g/mol. The third-order valence-corrected chi connectivity index (χ3v) is 3.84. The van der Waals surface area contributed by atoms with Gasteiger partial charge in [0.15, 0.2) is 0 Å². The molecule has 0 aliphatic carbocycles. The van der Waals surface area contributed by atoms with Crippen LogP contribution in [0.2, 0.25) is 0 Å². The monoisotopic (exact) mass is 271 g/mol. The SMILES string of the molecule is NC(=O)Cn1c(Cc2cccs2)nc2ccccc21. The van der Waals surface area contributed by atoms with Crippen LogP contribution in [-0.2, 0) is 17.8 Å². The summed E-state index contributed by atoms with van der Waals surface area (Å²) in [6, 6.07) is 11.9. The Morgan fingerprint density at radius 2 is 2.11 bits per heavy atom. The molecule has 2 N–H and O–H groups in total. The number of imidazole rings is 1. The highest BCUT2D eigenvalue weighted by Gasteiger charge is 2.12. The number of carbonyl (C=O) groups is 1. The quantitative estimate of drug-likeness (QED) is 0.790. The van der Waals surface area contributed by atoms with E-state index in [0.29, 0.717) is 0 Å². The van der Waals surface area contributed by atoms with Gasteiger partial charge in [0.25, 0.3) is 0 Å². The van der Waals surface area contributed by atoms with Crippen LogP contribution < -0.4 is 5.73 Å². The highest BCUT2D eigenvalue weighted by Crippen LogP contribution is 2.20. The number of hydrogen-bond donors (Lipinski definition) is 1. The smallest absolute Gasteiger partial charge is 0.237 e. The summed E-state index contributed by atoms with van der Waals surface area (Å²) in [4.78, 5) is 17.1. The molecule has 0 saturated heterocycles. The second-order valence-electron chi connectivity index (χ2n) is 4.33. The number of aromatic nitrogens is 2. The third-order valence-electron chi connectivity index (χ3n) is 2.96. The summed E-state index contributed by atoms with van der Waals surface area (Å²) in [7, 11) is 0. The van der Waals surface area contributed by atoms with Crippen LogP contribution in [-0.4, -0.2) is 15.5 Å². The largest absolute Gasteiger partial charge is 0.368 e. The molecular weight excluding hydrogens is 258 g/mol. The first kappa shape index (κ1) is 11.9. The lowest BCUT2D eigenvalue weighted by molar-refractivity contribution is -0.118. The van der Waals surface area contributed by atoms with Crippen molar-refractivity contribution in [1.82, 2.24) is 9.55 Å². The summed E-state index contributed by atoms with van der Waals surface area (Å²) in [6.45, 7) is 0.168. The number of rotatable bonds is 4. The van der Waals surface area contributed by atoms with Crippen LogP contribution in [0.15, 0.2) is 41.8 Å². The molecule has 1 amide bonds. The van der Waals surface area contributed by atoms with Crippen LogP contribution in [0.5, 0.6) is 0 Å². The first-order chi connectivity index (χ1) is 9.24. The Kier molecular flexibility index (Phi) is 3.05. The molecule has 19 heavy (non-hydrogen) atoms. The predicted molar refractivity (Wildman–Crippen MR) is 76.1 cm³/mol. The van der Waals surface area contributed by atoms with Gasteiger partial charge in [0.2, 0.25) is 5.91 Å². The van der Waals surface area contributed by atoms with Crippen LogP contribution >= 0.6 is 11.3 Å². The number of para-hydroxylation sites is 2. The van der Waals surface area contributed by atoms with Gasteiger partial charge in [0.05, 0.1) is 11.0 Å². The minimum absolute atomic E-state index is 0.168. The van der Waals surface area contributed by atoms with Crippen LogP contribution in [0.25, 0.3) is 11.0 Å². The molecule has 0 aliphatic rings. The van der Waals surface area contributed by atoms with Gasteiger partial charge in [0.1, 0.15) is 12.4 Å². The van der Waals surface area contributed by atoms with Crippen molar-refractivity contribution in [3.05, 3.63) is 52.5 Å². The van der Waals surface area contributed by atoms with Crippen LogP contribution in [0, 0.1) is 0 Å². The van der Waals surface area contributed by atoms with Gasteiger partial charge < -0.3 is 10.3 Å². The van der Waals surface area contributed by atoms with E-state index in [-0.39, 0.29) is 12.5 Å². The van der Waals surface area contributed by atoms with Crippen molar-refractivity contribution < 1.29 is 4.79 Å². The average Bonchev–Trinajstić information content (AvgIpc) is 2.99. The highest BCUT2D eigenvalue weighted by atomic mass is 32.1. The topological polar surface area (TPSA) is 60.9 Å². The maximum Gasteiger partial charge on any atom is 0.237 e. The molecule has 0 spiro atoms. The molecule has 0 saturated carbocycles. The second-order valence-corrected chi connectivity index (χ2v) is 5.36. The third kappa shape index (κ3) is 2.37. The number of fused-ring (bicyclic) bond motifs is 1. The molecule has 3 aromatic rings. The summed E-state index contributed by atoms with van der Waals surface area (Å²) in [5.41, 5.74) is 7.18. The molecule has 3 rings (SSSR count). The van der Waals surface area contributed by atoms with Crippen molar-refractivity contribution in [3.63, 3.8) is 0 Å². The molecule has 0 radical (unpaired) electrons. The Morgan fingerprint density at radius 3 is 2.84 bits per heavy atom. The molecule has 5 heteroatoms. The fourth-order valence-corrected chi connectivity index (χ4v) is 2.86. The summed E-state index contributed by atoms with van der Waals surface area (Å²) in [6.07, 6.45) is 0.722. The van der Waals surface area contributed by atoms with E-state index in [9.17, 15) is 4.79 Å². The van der Waals surface area contributed by atoms with E-state index < -0.39 is 0 Å². The van der Waals surface area contributed by atoms with E-state index in [1.54, 1.807) is 11.3 Å². The zero-order valence-corrected chi connectivity index (χ0v) is 11.1. The van der Waals surface area contributed by atoms with Crippen molar-refractivity contribution in [2.75, 3.05) is 0 Å². The normalized spacial score (nSPS) is 10.9. The van der Waals surface area contributed by atoms with E-state index in [0.717, 1.165) is 23.3 Å². The van der Waals surface area contributed by atoms with Crippen molar-refractivity contribution in [3.8, 4) is 0 Å². The minimum atomic E-state index is -0.351. The Balaban J connectivity index is 2.08. The molecule has 0 aliphatic heterocycles. The summed E-state index contributed by atoms with van der Waals surface area (Å²) >= 11 is 1.69. The van der Waals surface area contributed by atoms with Gasteiger partial charge in [-0.25, -0.2) is 4.98 Å². The number of hydrogen-bond acceptors (Lipinski definition) is 3. The van der Waals surface area contributed by atoms with Gasteiger partial charge in [-0.15, -0.1) is 11.3 Å². The van der Waals surface area contributed by atoms with E-state index in [1.807, 2.05) is 40.3 Å². The summed E-state index contributed by atoms with van der Waals surface area (Å²) < 4.78 is 1.90. The number of thiophene rings is 1. The Labute approximate surface area is 114 Å². The van der Waals surface area contributed by atoms with Gasteiger partial charge in [-0.1, -0.05) is 18.2 Å². The number of nitrogens with two attached hydrogens (primary N) is 1. The molecule has 2 aromatic heterocycles. The molecule has 96 valence electrons. The van der Waals surface area contributed by atoms with E-state index in [1.165, 1.54) is 4.88 Å². The van der Waals surface area contributed by atoms with Gasteiger partial charge >= 0.3 is 0 Å². The minimum Gasteiger partial charge on any atom is -0.368 e. The molecular formula is C14H13N3OS. The van der Waals surface area contributed by atoms with Crippen LogP contribution in [0.4, 0.5) is 0 Å². The summed E-state index contributed by atoms with van der Waals surface area (Å²) in [5.74, 6) is 0.526. The first-order valence-corrected chi connectivity index (χ1v) is 6.87. The fraction of sp³-hybridized carbons (Fsp3) is 0.143. The summed E-state index contributed by atoms with van der Waals surface area (Å²) in [5, 5.41) is 2.04. The maximum absolute atomic E-state index is 11.2. The van der Waals surface area contributed by atoms with E-state index in [2.05, 4.69) is 11.1 Å². The molecule has 2 heterocycles.